The van der Waals surface area contributed by atoms with Crippen molar-refractivity contribution in [2.24, 2.45) is 0 Å². The van der Waals surface area contributed by atoms with Crippen LogP contribution in [-0.2, 0) is 9.59 Å². The van der Waals surface area contributed by atoms with Gasteiger partial charge >= 0.3 is 0 Å². The molecule has 0 aliphatic carbocycles. The molecule has 0 aliphatic heterocycles. The molecule has 3 rings (SSSR count). The van der Waals surface area contributed by atoms with Crippen LogP contribution in [-0.4, -0.2) is 39.1 Å². The van der Waals surface area contributed by atoms with Gasteiger partial charge in [0, 0.05) is 36.7 Å². The van der Waals surface area contributed by atoms with Crippen molar-refractivity contribution >= 4 is 34.8 Å². The van der Waals surface area contributed by atoms with Crippen molar-refractivity contribution in [3.05, 3.63) is 60.6 Å². The molecule has 0 bridgehead atoms. The van der Waals surface area contributed by atoms with Crippen LogP contribution in [0.1, 0.15) is 23.4 Å². The summed E-state index contributed by atoms with van der Waals surface area (Å²) in [6.45, 7) is 0. The Morgan fingerprint density at radius 1 is 0.765 bits per heavy atom. The summed E-state index contributed by atoms with van der Waals surface area (Å²) in [5.74, 6) is 0.157. The van der Waals surface area contributed by atoms with Gasteiger partial charge < -0.3 is 34.6 Å². The molecule has 3 amide bonds. The first-order valence-electron chi connectivity index (χ1n) is 10.3. The maximum Gasteiger partial charge on any atom is 0.291 e. The summed E-state index contributed by atoms with van der Waals surface area (Å²) in [6.07, 6.45) is 1.31. The average Bonchev–Trinajstić information content (AvgIpc) is 3.38. The maximum atomic E-state index is 12.5. The molecule has 0 radical (unpaired) electrons. The topological polar surface area (TPSA) is 128 Å². The molecule has 1 aromatic heterocycles. The van der Waals surface area contributed by atoms with E-state index in [0.717, 1.165) is 0 Å². The van der Waals surface area contributed by atoms with Gasteiger partial charge in [-0.1, -0.05) is 6.07 Å². The summed E-state index contributed by atoms with van der Waals surface area (Å²) in [6, 6.07) is 13.1. The second kappa shape index (κ2) is 11.4. The molecule has 3 aromatic rings. The van der Waals surface area contributed by atoms with Crippen molar-refractivity contribution in [3.8, 4) is 17.2 Å². The third-order valence-electron chi connectivity index (χ3n) is 4.72. The lowest BCUT2D eigenvalue weighted by Crippen LogP contribution is -2.18. The first-order chi connectivity index (χ1) is 16.4. The number of rotatable bonds is 10. The van der Waals surface area contributed by atoms with Crippen molar-refractivity contribution in [1.29, 1.82) is 0 Å². The predicted octanol–water partition coefficient (Wildman–Crippen LogP) is 3.92. The average molecular weight is 467 g/mol. The second-order valence-electron chi connectivity index (χ2n) is 7.01. The monoisotopic (exact) mass is 467 g/mol. The van der Waals surface area contributed by atoms with Crippen LogP contribution in [0.2, 0.25) is 0 Å². The van der Waals surface area contributed by atoms with Gasteiger partial charge in [0.05, 0.1) is 39.0 Å². The van der Waals surface area contributed by atoms with Gasteiger partial charge in [-0.05, 0) is 24.3 Å². The van der Waals surface area contributed by atoms with E-state index in [-0.39, 0.29) is 24.5 Å². The summed E-state index contributed by atoms with van der Waals surface area (Å²) in [7, 11) is 4.39. The van der Waals surface area contributed by atoms with E-state index in [1.165, 1.54) is 45.8 Å². The molecule has 0 fully saturated rings. The van der Waals surface area contributed by atoms with E-state index >= 15 is 0 Å². The number of methoxy groups -OCH3 is 3. The number of benzene rings is 2. The Bertz CT molecular complexity index is 1160. The molecule has 0 aliphatic rings. The Labute approximate surface area is 196 Å². The molecule has 0 saturated carbocycles. The molecule has 3 N–H and O–H groups in total. The van der Waals surface area contributed by atoms with Crippen molar-refractivity contribution < 1.29 is 33.0 Å². The number of hydrogen-bond acceptors (Lipinski definition) is 7. The molecule has 2 aromatic carbocycles. The van der Waals surface area contributed by atoms with Crippen LogP contribution in [0.3, 0.4) is 0 Å². The number of carbonyl (C=O) groups is 3. The fourth-order valence-electron chi connectivity index (χ4n) is 3.05. The van der Waals surface area contributed by atoms with E-state index in [4.69, 9.17) is 18.6 Å². The van der Waals surface area contributed by atoms with Crippen LogP contribution in [0.4, 0.5) is 17.1 Å². The Morgan fingerprint density at radius 2 is 1.41 bits per heavy atom. The van der Waals surface area contributed by atoms with Crippen LogP contribution in [0, 0.1) is 0 Å². The highest BCUT2D eigenvalue weighted by Crippen LogP contribution is 2.36. The van der Waals surface area contributed by atoms with E-state index in [1.54, 1.807) is 30.3 Å². The smallest absolute Gasteiger partial charge is 0.291 e. The van der Waals surface area contributed by atoms with Gasteiger partial charge in [0.25, 0.3) is 5.91 Å². The lowest BCUT2D eigenvalue weighted by Gasteiger charge is -2.16. The van der Waals surface area contributed by atoms with Crippen LogP contribution in [0.15, 0.2) is 59.2 Å². The maximum absolute atomic E-state index is 12.5. The van der Waals surface area contributed by atoms with E-state index in [2.05, 4.69) is 16.0 Å². The lowest BCUT2D eigenvalue weighted by atomic mass is 10.2. The first kappa shape index (κ1) is 24.2. The van der Waals surface area contributed by atoms with Crippen LogP contribution < -0.4 is 30.2 Å². The minimum Gasteiger partial charge on any atom is -0.497 e. The number of amides is 3. The molecule has 178 valence electrons. The summed E-state index contributed by atoms with van der Waals surface area (Å²) < 4.78 is 20.9. The molecular formula is C24H25N3O7. The molecule has 10 heteroatoms. The summed E-state index contributed by atoms with van der Waals surface area (Å²) >= 11 is 0. The fraction of sp³-hybridized carbons (Fsp3) is 0.208. The highest BCUT2D eigenvalue weighted by atomic mass is 16.5. The normalized spacial score (nSPS) is 10.2. The number of hydrogen-bond donors (Lipinski definition) is 3. The van der Waals surface area contributed by atoms with Gasteiger partial charge in [-0.2, -0.15) is 0 Å². The largest absolute Gasteiger partial charge is 0.497 e. The SMILES string of the molecule is COc1cccc(NC(=O)CCC(=O)Nc2cc(OC)c(NC(=O)c3ccco3)cc2OC)c1. The van der Waals surface area contributed by atoms with E-state index in [0.29, 0.717) is 34.3 Å². The van der Waals surface area contributed by atoms with Crippen LogP contribution >= 0.6 is 0 Å². The van der Waals surface area contributed by atoms with Crippen molar-refractivity contribution in [2.75, 3.05) is 37.3 Å². The van der Waals surface area contributed by atoms with Crippen molar-refractivity contribution in [2.45, 2.75) is 12.8 Å². The molecule has 0 saturated heterocycles. The fourth-order valence-corrected chi connectivity index (χ4v) is 3.05. The Hall–Kier alpha value is -4.47. The Balaban J connectivity index is 1.62. The molecular weight excluding hydrogens is 442 g/mol. The minimum absolute atomic E-state index is 0.0280. The van der Waals surface area contributed by atoms with Gasteiger partial charge in [0.1, 0.15) is 17.2 Å². The van der Waals surface area contributed by atoms with Gasteiger partial charge in [-0.25, -0.2) is 0 Å². The van der Waals surface area contributed by atoms with Crippen LogP contribution in [0.5, 0.6) is 17.2 Å². The summed E-state index contributed by atoms with van der Waals surface area (Å²) in [5, 5.41) is 8.11. The zero-order chi connectivity index (χ0) is 24.5. The van der Waals surface area contributed by atoms with Crippen molar-refractivity contribution in [3.63, 3.8) is 0 Å². The number of anilines is 3. The third-order valence-corrected chi connectivity index (χ3v) is 4.72. The second-order valence-corrected chi connectivity index (χ2v) is 7.01. The molecule has 34 heavy (non-hydrogen) atoms. The number of furan rings is 1. The predicted molar refractivity (Wildman–Crippen MR) is 126 cm³/mol. The number of nitrogens with one attached hydrogen (secondary N) is 3. The van der Waals surface area contributed by atoms with E-state index < -0.39 is 11.8 Å². The quantitative estimate of drug-likeness (QED) is 0.412. The Kier molecular flexibility index (Phi) is 8.11. The Morgan fingerprint density at radius 3 is 2.00 bits per heavy atom. The van der Waals surface area contributed by atoms with Gasteiger partial charge in [-0.15, -0.1) is 0 Å². The zero-order valence-corrected chi connectivity index (χ0v) is 19.0. The number of carbonyl (C=O) groups excluding carboxylic acids is 3. The lowest BCUT2D eigenvalue weighted by molar-refractivity contribution is -0.121. The minimum atomic E-state index is -0.468. The highest BCUT2D eigenvalue weighted by molar-refractivity contribution is 6.04. The van der Waals surface area contributed by atoms with Gasteiger partial charge in [-0.3, -0.25) is 14.4 Å². The van der Waals surface area contributed by atoms with E-state index in [1.807, 2.05) is 0 Å². The summed E-state index contributed by atoms with van der Waals surface area (Å²) in [5.41, 5.74) is 1.23. The molecule has 0 spiro atoms. The van der Waals surface area contributed by atoms with E-state index in [9.17, 15) is 14.4 Å². The highest BCUT2D eigenvalue weighted by Gasteiger charge is 2.17. The van der Waals surface area contributed by atoms with Gasteiger partial charge in [0.2, 0.25) is 11.8 Å². The van der Waals surface area contributed by atoms with Gasteiger partial charge in [0.15, 0.2) is 5.76 Å². The summed E-state index contributed by atoms with van der Waals surface area (Å²) in [4.78, 5) is 37.0. The molecule has 0 atom stereocenters. The molecule has 0 unspecified atom stereocenters. The molecule has 10 nitrogen and oxygen atoms in total. The first-order valence-corrected chi connectivity index (χ1v) is 10.3. The van der Waals surface area contributed by atoms with Crippen molar-refractivity contribution in [1.82, 2.24) is 0 Å². The molecule has 1 heterocycles. The standard InChI is InChI=1S/C24H25N3O7/c1-31-16-7-4-6-15(12-16)25-22(28)9-10-23(29)26-17-13-21(33-3)18(14-20(17)32-2)27-24(30)19-8-5-11-34-19/h4-8,11-14H,9-10H2,1-3H3,(H,25,28)(H,26,29)(H,27,30). The van der Waals surface area contributed by atoms with Crippen LogP contribution in [0.25, 0.3) is 0 Å². The zero-order valence-electron chi connectivity index (χ0n) is 19.0. The number of ether oxygens (including phenoxy) is 3. The third kappa shape index (κ3) is 6.28.